The molecule has 2 aromatic heterocycles. The second-order valence-corrected chi connectivity index (χ2v) is 7.53. The van der Waals surface area contributed by atoms with Crippen LogP contribution in [0.15, 0.2) is 11.2 Å². The van der Waals surface area contributed by atoms with Crippen LogP contribution in [0.3, 0.4) is 0 Å². The van der Waals surface area contributed by atoms with E-state index >= 15 is 0 Å². The SMILES string of the molecule is CCCn1c(CC)nnc1SCC(=O)Nc1sc(C)cc1C(=O)OC. The van der Waals surface area contributed by atoms with Crippen LogP contribution in [0.2, 0.25) is 0 Å². The van der Waals surface area contributed by atoms with E-state index in [-0.39, 0.29) is 11.7 Å². The summed E-state index contributed by atoms with van der Waals surface area (Å²) in [5.74, 6) is 0.471. The normalized spacial score (nSPS) is 10.7. The third-order valence-electron chi connectivity index (χ3n) is 3.40. The van der Waals surface area contributed by atoms with Crippen LogP contribution in [0.4, 0.5) is 5.00 Å². The molecule has 25 heavy (non-hydrogen) atoms. The fourth-order valence-corrected chi connectivity index (χ4v) is 4.00. The highest BCUT2D eigenvalue weighted by Crippen LogP contribution is 2.28. The maximum atomic E-state index is 12.3. The Hall–Kier alpha value is -1.87. The highest BCUT2D eigenvalue weighted by molar-refractivity contribution is 7.99. The lowest BCUT2D eigenvalue weighted by Gasteiger charge is -2.08. The summed E-state index contributed by atoms with van der Waals surface area (Å²) in [6.07, 6.45) is 1.78. The number of carbonyl (C=O) groups excluding carboxylic acids is 2. The summed E-state index contributed by atoms with van der Waals surface area (Å²) >= 11 is 2.69. The number of thiophene rings is 1. The number of carbonyl (C=O) groups is 2. The van der Waals surface area contributed by atoms with E-state index in [0.717, 1.165) is 35.2 Å². The number of nitrogens with one attached hydrogen (secondary N) is 1. The van der Waals surface area contributed by atoms with Gasteiger partial charge >= 0.3 is 5.97 Å². The molecular weight excluding hydrogens is 360 g/mol. The van der Waals surface area contributed by atoms with Crippen molar-refractivity contribution in [1.29, 1.82) is 0 Å². The summed E-state index contributed by atoms with van der Waals surface area (Å²) in [5, 5.41) is 12.4. The molecule has 0 fully saturated rings. The number of hydrogen-bond acceptors (Lipinski definition) is 7. The summed E-state index contributed by atoms with van der Waals surface area (Å²) in [5.41, 5.74) is 0.380. The standard InChI is InChI=1S/C16H22N4O3S2/c1-5-7-20-12(6-2)18-19-16(20)24-9-13(21)17-14-11(15(22)23-4)8-10(3)25-14/h8H,5-7,9H2,1-4H3,(H,17,21). The minimum absolute atomic E-state index is 0.193. The van der Waals surface area contributed by atoms with Gasteiger partial charge in [0.15, 0.2) is 5.16 Å². The third-order valence-corrected chi connectivity index (χ3v) is 5.34. The average molecular weight is 383 g/mol. The molecule has 0 aromatic carbocycles. The molecule has 0 spiro atoms. The van der Waals surface area contributed by atoms with Crippen LogP contribution in [0.25, 0.3) is 0 Å². The minimum atomic E-state index is -0.456. The van der Waals surface area contributed by atoms with E-state index in [1.54, 1.807) is 6.07 Å². The molecule has 1 N–H and O–H groups in total. The van der Waals surface area contributed by atoms with E-state index in [2.05, 4.69) is 22.4 Å². The number of anilines is 1. The number of nitrogens with zero attached hydrogens (tertiary/aromatic N) is 3. The van der Waals surface area contributed by atoms with Crippen molar-refractivity contribution >= 4 is 40.0 Å². The molecular formula is C16H22N4O3S2. The van der Waals surface area contributed by atoms with Gasteiger partial charge in [-0.25, -0.2) is 4.79 Å². The van der Waals surface area contributed by atoms with Crippen molar-refractivity contribution in [2.45, 2.75) is 45.3 Å². The van der Waals surface area contributed by atoms with Crippen LogP contribution in [0.1, 0.15) is 41.3 Å². The van der Waals surface area contributed by atoms with Gasteiger partial charge in [0.1, 0.15) is 10.8 Å². The number of aryl methyl sites for hydroxylation is 2. The molecule has 0 radical (unpaired) electrons. The van der Waals surface area contributed by atoms with Gasteiger partial charge in [0.25, 0.3) is 0 Å². The first kappa shape index (κ1) is 19.5. The summed E-state index contributed by atoms with van der Waals surface area (Å²) in [4.78, 5) is 25.0. The van der Waals surface area contributed by atoms with Crippen molar-refractivity contribution in [3.63, 3.8) is 0 Å². The molecule has 0 bridgehead atoms. The smallest absolute Gasteiger partial charge is 0.340 e. The monoisotopic (exact) mass is 382 g/mol. The number of rotatable bonds is 8. The number of esters is 1. The fourth-order valence-electron chi connectivity index (χ4n) is 2.30. The molecule has 0 unspecified atom stereocenters. The van der Waals surface area contributed by atoms with Crippen LogP contribution >= 0.6 is 23.1 Å². The van der Waals surface area contributed by atoms with Gasteiger partial charge in [-0.15, -0.1) is 21.5 Å². The molecule has 0 atom stereocenters. The van der Waals surface area contributed by atoms with Gasteiger partial charge in [0.2, 0.25) is 5.91 Å². The molecule has 0 aliphatic carbocycles. The maximum absolute atomic E-state index is 12.3. The minimum Gasteiger partial charge on any atom is -0.465 e. The molecule has 2 aromatic rings. The second-order valence-electron chi connectivity index (χ2n) is 5.33. The molecule has 9 heteroatoms. The number of aromatic nitrogens is 3. The number of ether oxygens (including phenoxy) is 1. The lowest BCUT2D eigenvalue weighted by molar-refractivity contribution is -0.113. The van der Waals surface area contributed by atoms with Crippen LogP contribution in [0, 0.1) is 6.92 Å². The largest absolute Gasteiger partial charge is 0.465 e. The van der Waals surface area contributed by atoms with Gasteiger partial charge in [0.05, 0.1) is 18.4 Å². The molecule has 0 saturated carbocycles. The van der Waals surface area contributed by atoms with E-state index in [0.29, 0.717) is 10.6 Å². The highest BCUT2D eigenvalue weighted by Gasteiger charge is 2.18. The van der Waals surface area contributed by atoms with Crippen LogP contribution < -0.4 is 5.32 Å². The zero-order valence-electron chi connectivity index (χ0n) is 14.8. The zero-order chi connectivity index (χ0) is 18.4. The molecule has 0 aliphatic rings. The summed E-state index contributed by atoms with van der Waals surface area (Å²) in [6.45, 7) is 6.83. The molecule has 2 rings (SSSR count). The Labute approximate surface area is 155 Å². The van der Waals surface area contributed by atoms with Gasteiger partial charge in [-0.1, -0.05) is 25.6 Å². The van der Waals surface area contributed by atoms with Gasteiger partial charge in [-0.05, 0) is 19.4 Å². The highest BCUT2D eigenvalue weighted by atomic mass is 32.2. The molecule has 1 amide bonds. The summed E-state index contributed by atoms with van der Waals surface area (Å²) < 4.78 is 6.80. The Balaban J connectivity index is 2.02. The number of hydrogen-bond donors (Lipinski definition) is 1. The Bertz CT molecular complexity index is 755. The molecule has 0 saturated heterocycles. The summed E-state index contributed by atoms with van der Waals surface area (Å²) in [6, 6.07) is 1.71. The first-order valence-electron chi connectivity index (χ1n) is 8.03. The van der Waals surface area contributed by atoms with E-state index in [1.165, 1.54) is 30.2 Å². The van der Waals surface area contributed by atoms with Crippen LogP contribution in [-0.4, -0.2) is 39.5 Å². The van der Waals surface area contributed by atoms with Gasteiger partial charge in [-0.2, -0.15) is 0 Å². The first-order chi connectivity index (χ1) is 12.0. The van der Waals surface area contributed by atoms with Crippen molar-refractivity contribution in [2.75, 3.05) is 18.2 Å². The van der Waals surface area contributed by atoms with Crippen molar-refractivity contribution < 1.29 is 14.3 Å². The van der Waals surface area contributed by atoms with Gasteiger partial charge in [0, 0.05) is 17.8 Å². The van der Waals surface area contributed by atoms with E-state index < -0.39 is 5.97 Å². The van der Waals surface area contributed by atoms with E-state index in [4.69, 9.17) is 4.74 Å². The average Bonchev–Trinajstić information content (AvgIpc) is 3.15. The maximum Gasteiger partial charge on any atom is 0.340 e. The van der Waals surface area contributed by atoms with Crippen molar-refractivity contribution in [2.24, 2.45) is 0 Å². The quantitative estimate of drug-likeness (QED) is 0.558. The van der Waals surface area contributed by atoms with Crippen LogP contribution in [0.5, 0.6) is 0 Å². The third kappa shape index (κ3) is 4.82. The Kier molecular flexibility index (Phi) is 7.01. The predicted molar refractivity (Wildman–Crippen MR) is 99.4 cm³/mol. The Morgan fingerprint density at radius 2 is 2.12 bits per heavy atom. The fraction of sp³-hybridized carbons (Fsp3) is 0.500. The lowest BCUT2D eigenvalue weighted by Crippen LogP contribution is -2.16. The number of amides is 1. The number of methoxy groups -OCH3 is 1. The van der Waals surface area contributed by atoms with Crippen molar-refractivity contribution in [3.05, 3.63) is 22.3 Å². The van der Waals surface area contributed by atoms with Gasteiger partial charge < -0.3 is 14.6 Å². The molecule has 2 heterocycles. The Morgan fingerprint density at radius 3 is 2.76 bits per heavy atom. The first-order valence-corrected chi connectivity index (χ1v) is 9.83. The predicted octanol–water partition coefficient (Wildman–Crippen LogP) is 3.14. The molecule has 7 nitrogen and oxygen atoms in total. The lowest BCUT2D eigenvalue weighted by atomic mass is 10.3. The molecule has 0 aliphatic heterocycles. The van der Waals surface area contributed by atoms with Crippen LogP contribution in [-0.2, 0) is 22.5 Å². The van der Waals surface area contributed by atoms with Crippen molar-refractivity contribution in [3.8, 4) is 0 Å². The number of thioether (sulfide) groups is 1. The van der Waals surface area contributed by atoms with Crippen molar-refractivity contribution in [1.82, 2.24) is 14.8 Å². The zero-order valence-corrected chi connectivity index (χ0v) is 16.4. The molecule has 136 valence electrons. The van der Waals surface area contributed by atoms with E-state index in [1.807, 2.05) is 18.4 Å². The van der Waals surface area contributed by atoms with E-state index in [9.17, 15) is 9.59 Å². The summed E-state index contributed by atoms with van der Waals surface area (Å²) in [7, 11) is 1.32. The van der Waals surface area contributed by atoms with Gasteiger partial charge in [-0.3, -0.25) is 4.79 Å². The Morgan fingerprint density at radius 1 is 1.36 bits per heavy atom. The topological polar surface area (TPSA) is 86.1 Å². The second kappa shape index (κ2) is 9.00.